The lowest BCUT2D eigenvalue weighted by molar-refractivity contribution is 0.111. The van der Waals surface area contributed by atoms with Gasteiger partial charge in [-0.15, -0.1) is 0 Å². The standard InChI is InChI=1S/C7H5ClN2O/c8-7-3-5(1-2-9)6(4-11)10-7/h3-4,10H,1H2. The van der Waals surface area contributed by atoms with Gasteiger partial charge in [0, 0.05) is 0 Å². The van der Waals surface area contributed by atoms with Crippen LogP contribution in [-0.2, 0) is 6.42 Å². The topological polar surface area (TPSA) is 56.6 Å². The highest BCUT2D eigenvalue weighted by molar-refractivity contribution is 6.29. The van der Waals surface area contributed by atoms with Gasteiger partial charge in [0.25, 0.3) is 0 Å². The first-order chi connectivity index (χ1) is 5.27. The molecule has 1 rings (SSSR count). The van der Waals surface area contributed by atoms with Crippen molar-refractivity contribution in [1.82, 2.24) is 4.98 Å². The second kappa shape index (κ2) is 3.22. The molecule has 0 unspecified atom stereocenters. The summed E-state index contributed by atoms with van der Waals surface area (Å²) in [6.45, 7) is 0. The van der Waals surface area contributed by atoms with Gasteiger partial charge in [-0.05, 0) is 11.6 Å². The van der Waals surface area contributed by atoms with E-state index < -0.39 is 0 Å². The minimum absolute atomic E-state index is 0.206. The van der Waals surface area contributed by atoms with Crippen LogP contribution in [0.15, 0.2) is 6.07 Å². The minimum atomic E-state index is 0.206. The van der Waals surface area contributed by atoms with Crippen molar-refractivity contribution in [3.8, 4) is 6.07 Å². The summed E-state index contributed by atoms with van der Waals surface area (Å²) in [5, 5.41) is 8.71. The minimum Gasteiger partial charge on any atom is -0.343 e. The van der Waals surface area contributed by atoms with Crippen LogP contribution in [0.2, 0.25) is 5.15 Å². The van der Waals surface area contributed by atoms with Crippen LogP contribution in [0.1, 0.15) is 16.1 Å². The number of nitriles is 1. The zero-order valence-electron chi connectivity index (χ0n) is 5.60. The number of rotatable bonds is 2. The summed E-state index contributed by atoms with van der Waals surface area (Å²) in [7, 11) is 0. The second-order valence-corrected chi connectivity index (χ2v) is 2.42. The Morgan fingerprint density at radius 2 is 2.55 bits per heavy atom. The van der Waals surface area contributed by atoms with Gasteiger partial charge in [0.2, 0.25) is 0 Å². The number of aldehydes is 1. The van der Waals surface area contributed by atoms with Gasteiger partial charge in [-0.3, -0.25) is 4.79 Å². The Morgan fingerprint density at radius 3 is 3.09 bits per heavy atom. The molecule has 0 radical (unpaired) electrons. The Hall–Kier alpha value is -1.27. The van der Waals surface area contributed by atoms with E-state index >= 15 is 0 Å². The molecule has 0 fully saturated rings. The molecule has 0 atom stereocenters. The van der Waals surface area contributed by atoms with Gasteiger partial charge in [0.05, 0.1) is 18.2 Å². The van der Waals surface area contributed by atoms with Gasteiger partial charge in [-0.25, -0.2) is 0 Å². The normalized spacial score (nSPS) is 9.09. The number of halogens is 1. The van der Waals surface area contributed by atoms with Crippen LogP contribution in [0.3, 0.4) is 0 Å². The molecule has 11 heavy (non-hydrogen) atoms. The summed E-state index contributed by atoms with van der Waals surface area (Å²) in [6, 6.07) is 3.51. The van der Waals surface area contributed by atoms with E-state index in [1.54, 1.807) is 6.07 Å². The zero-order chi connectivity index (χ0) is 8.27. The maximum absolute atomic E-state index is 10.3. The molecule has 0 aromatic carbocycles. The van der Waals surface area contributed by atoms with Crippen LogP contribution < -0.4 is 0 Å². The number of hydrogen-bond donors (Lipinski definition) is 1. The highest BCUT2D eigenvalue weighted by Gasteiger charge is 2.04. The summed E-state index contributed by atoms with van der Waals surface area (Å²) >= 11 is 5.56. The van der Waals surface area contributed by atoms with E-state index in [1.807, 2.05) is 6.07 Å². The fourth-order valence-corrected chi connectivity index (χ4v) is 1.05. The SMILES string of the molecule is N#CCc1cc(Cl)[nH]c1C=O. The summed E-state index contributed by atoms with van der Waals surface area (Å²) in [6.07, 6.45) is 0.857. The molecule has 1 heterocycles. The van der Waals surface area contributed by atoms with Crippen LogP contribution in [0.5, 0.6) is 0 Å². The van der Waals surface area contributed by atoms with Crippen LogP contribution in [0.4, 0.5) is 0 Å². The number of aromatic nitrogens is 1. The Kier molecular flexibility index (Phi) is 2.29. The lowest BCUT2D eigenvalue weighted by Crippen LogP contribution is -1.86. The van der Waals surface area contributed by atoms with Crippen LogP contribution in [-0.4, -0.2) is 11.3 Å². The molecule has 0 saturated carbocycles. The average Bonchev–Trinajstić information content (AvgIpc) is 2.32. The third-order valence-electron chi connectivity index (χ3n) is 1.29. The second-order valence-electron chi connectivity index (χ2n) is 2.01. The van der Waals surface area contributed by atoms with E-state index in [0.717, 1.165) is 0 Å². The number of nitrogens with zero attached hydrogens (tertiary/aromatic N) is 1. The van der Waals surface area contributed by atoms with Crippen molar-refractivity contribution < 1.29 is 4.79 Å². The first-order valence-corrected chi connectivity index (χ1v) is 3.35. The van der Waals surface area contributed by atoms with E-state index in [9.17, 15) is 4.79 Å². The Bertz CT molecular complexity index is 311. The lowest BCUT2D eigenvalue weighted by Gasteiger charge is -1.85. The molecule has 4 heteroatoms. The Balaban J connectivity index is 3.03. The number of aromatic amines is 1. The molecular formula is C7H5ClN2O. The zero-order valence-corrected chi connectivity index (χ0v) is 6.35. The molecule has 1 aromatic rings. The molecule has 3 nitrogen and oxygen atoms in total. The largest absolute Gasteiger partial charge is 0.343 e. The van der Waals surface area contributed by atoms with Gasteiger partial charge >= 0.3 is 0 Å². The molecular weight excluding hydrogens is 164 g/mol. The van der Waals surface area contributed by atoms with E-state index in [4.69, 9.17) is 16.9 Å². The van der Waals surface area contributed by atoms with E-state index in [2.05, 4.69) is 4.98 Å². The maximum Gasteiger partial charge on any atom is 0.166 e. The molecule has 0 aliphatic heterocycles. The first-order valence-electron chi connectivity index (χ1n) is 2.97. The van der Waals surface area contributed by atoms with Gasteiger partial charge < -0.3 is 4.98 Å². The molecule has 0 spiro atoms. The van der Waals surface area contributed by atoms with Gasteiger partial charge in [0.1, 0.15) is 5.15 Å². The van der Waals surface area contributed by atoms with Crippen molar-refractivity contribution >= 4 is 17.9 Å². The monoisotopic (exact) mass is 168 g/mol. The van der Waals surface area contributed by atoms with Crippen molar-refractivity contribution in [2.75, 3.05) is 0 Å². The molecule has 0 bridgehead atoms. The van der Waals surface area contributed by atoms with Crippen molar-refractivity contribution in [2.24, 2.45) is 0 Å². The third kappa shape index (κ3) is 1.60. The third-order valence-corrected chi connectivity index (χ3v) is 1.49. The van der Waals surface area contributed by atoms with Crippen LogP contribution >= 0.6 is 11.6 Å². The molecule has 0 aliphatic rings. The summed E-state index contributed by atoms with van der Waals surface area (Å²) in [5.74, 6) is 0. The smallest absolute Gasteiger partial charge is 0.166 e. The average molecular weight is 169 g/mol. The first kappa shape index (κ1) is 7.83. The maximum atomic E-state index is 10.3. The van der Waals surface area contributed by atoms with E-state index in [0.29, 0.717) is 22.7 Å². The fraction of sp³-hybridized carbons (Fsp3) is 0.143. The summed E-state index contributed by atoms with van der Waals surface area (Å²) in [5.41, 5.74) is 1.03. The van der Waals surface area contributed by atoms with Crippen molar-refractivity contribution in [3.63, 3.8) is 0 Å². The van der Waals surface area contributed by atoms with Crippen LogP contribution in [0.25, 0.3) is 0 Å². The fourth-order valence-electron chi connectivity index (χ4n) is 0.812. The predicted octanol–water partition coefficient (Wildman–Crippen LogP) is 1.55. The van der Waals surface area contributed by atoms with Crippen molar-refractivity contribution in [2.45, 2.75) is 6.42 Å². The summed E-state index contributed by atoms with van der Waals surface area (Å²) in [4.78, 5) is 12.9. The Morgan fingerprint density at radius 1 is 1.82 bits per heavy atom. The highest BCUT2D eigenvalue weighted by atomic mass is 35.5. The number of nitrogens with one attached hydrogen (secondary N) is 1. The van der Waals surface area contributed by atoms with Gasteiger partial charge in [0.15, 0.2) is 6.29 Å². The summed E-state index contributed by atoms with van der Waals surface area (Å²) < 4.78 is 0. The number of H-pyrrole nitrogens is 1. The number of hydrogen-bond acceptors (Lipinski definition) is 2. The Labute approximate surface area is 68.6 Å². The van der Waals surface area contributed by atoms with Crippen molar-refractivity contribution in [3.05, 3.63) is 22.5 Å². The molecule has 56 valence electrons. The van der Waals surface area contributed by atoms with Gasteiger partial charge in [-0.1, -0.05) is 11.6 Å². The molecule has 0 saturated heterocycles. The highest BCUT2D eigenvalue weighted by Crippen LogP contribution is 2.13. The molecule has 0 amide bonds. The molecule has 1 N–H and O–H groups in total. The lowest BCUT2D eigenvalue weighted by atomic mass is 10.2. The van der Waals surface area contributed by atoms with E-state index in [1.165, 1.54) is 0 Å². The predicted molar refractivity (Wildman–Crippen MR) is 40.5 cm³/mol. The van der Waals surface area contributed by atoms with E-state index in [-0.39, 0.29) is 6.42 Å². The quantitative estimate of drug-likeness (QED) is 0.682. The van der Waals surface area contributed by atoms with Gasteiger partial charge in [-0.2, -0.15) is 5.26 Å². The van der Waals surface area contributed by atoms with Crippen molar-refractivity contribution in [1.29, 1.82) is 5.26 Å². The molecule has 0 aliphatic carbocycles. The molecule has 1 aromatic heterocycles. The number of carbonyl (C=O) groups is 1. The van der Waals surface area contributed by atoms with Crippen LogP contribution in [0, 0.1) is 11.3 Å². The number of carbonyl (C=O) groups excluding carboxylic acids is 1.